The van der Waals surface area contributed by atoms with Crippen molar-refractivity contribution in [2.75, 3.05) is 13.1 Å². The summed E-state index contributed by atoms with van der Waals surface area (Å²) in [6.07, 6.45) is 0.642. The van der Waals surface area contributed by atoms with E-state index in [1.807, 2.05) is 85.7 Å². The van der Waals surface area contributed by atoms with E-state index in [-0.39, 0.29) is 5.97 Å². The Morgan fingerprint density at radius 2 is 1.45 bits per heavy atom. The Morgan fingerprint density at radius 3 is 1.82 bits per heavy atom. The minimum atomic E-state index is -0.474. The summed E-state index contributed by atoms with van der Waals surface area (Å²) < 4.78 is 4.79. The number of hydrogen-bond donors (Lipinski definition) is 3. The van der Waals surface area contributed by atoms with E-state index in [0.717, 1.165) is 17.7 Å². The van der Waals surface area contributed by atoms with Crippen molar-refractivity contribution in [2.45, 2.75) is 102 Å². The number of esters is 1. The van der Waals surface area contributed by atoms with Crippen LogP contribution in [0.1, 0.15) is 95.1 Å². The second-order valence-electron chi connectivity index (χ2n) is 6.59. The molecule has 5 heteroatoms. The van der Waals surface area contributed by atoms with Crippen LogP contribution in [0.4, 0.5) is 0 Å². The Kier molecular flexibility index (Phi) is 43.6. The molecule has 4 N–H and O–H groups in total. The maximum absolute atomic E-state index is 10.4. The summed E-state index contributed by atoms with van der Waals surface area (Å²) in [7, 11) is 0. The molecule has 1 rings (SSSR count). The lowest BCUT2D eigenvalue weighted by Crippen LogP contribution is -2.33. The molecule has 0 amide bonds. The van der Waals surface area contributed by atoms with Gasteiger partial charge in [0.2, 0.25) is 0 Å². The van der Waals surface area contributed by atoms with Gasteiger partial charge in [0.05, 0.1) is 6.10 Å². The molecule has 2 atom stereocenters. The van der Waals surface area contributed by atoms with Crippen LogP contribution in [0, 0.1) is 11.8 Å². The Bertz CT molecular complexity index is 491. The monoisotopic (exact) mass is 470 g/mol. The number of ether oxygens (including phenoxy) is 1. The smallest absolute Gasteiger partial charge is 0.302 e. The number of nitrogens with one attached hydrogen (secondary N) is 1. The molecule has 0 aliphatic carbocycles. The Hall–Kier alpha value is -1.85. The molecule has 0 fully saturated rings. The van der Waals surface area contributed by atoms with E-state index >= 15 is 0 Å². The van der Waals surface area contributed by atoms with Gasteiger partial charge < -0.3 is 20.9 Å². The van der Waals surface area contributed by atoms with Crippen molar-refractivity contribution in [3.63, 3.8) is 0 Å². The standard InChI is InChI=1S/C11H24N2O.C9H10O2.4C2H6/c1-8(2)5-9(3)10(4)13-7-11(14)6-12;1-8(10)11-7-9-5-3-2-4-6-9;4*1-2/h8-9,11,13-14H,4-7,12H2,1-3H3;2-6H,7H2,1H3;4*1-2H3/t9-,11?;;;;;/m0...../s1. The van der Waals surface area contributed by atoms with Crippen LogP contribution < -0.4 is 11.1 Å². The highest BCUT2D eigenvalue weighted by Crippen LogP contribution is 2.16. The second kappa shape index (κ2) is 34.8. The second-order valence-corrected chi connectivity index (χ2v) is 6.59. The van der Waals surface area contributed by atoms with Crippen molar-refractivity contribution >= 4 is 5.97 Å². The van der Waals surface area contributed by atoms with Crippen LogP contribution in [0.3, 0.4) is 0 Å². The van der Waals surface area contributed by atoms with Gasteiger partial charge in [0.25, 0.3) is 0 Å². The molecule has 1 aromatic rings. The highest BCUT2D eigenvalue weighted by molar-refractivity contribution is 5.65. The Morgan fingerprint density at radius 1 is 1.00 bits per heavy atom. The van der Waals surface area contributed by atoms with E-state index in [9.17, 15) is 9.90 Å². The first-order valence-electron chi connectivity index (χ1n) is 12.7. The predicted molar refractivity (Wildman–Crippen MR) is 148 cm³/mol. The molecule has 0 aliphatic rings. The van der Waals surface area contributed by atoms with Crippen LogP contribution in [-0.4, -0.2) is 30.3 Å². The summed E-state index contributed by atoms with van der Waals surface area (Å²) in [5.74, 6) is 0.872. The maximum Gasteiger partial charge on any atom is 0.302 e. The number of aliphatic hydroxyl groups is 1. The van der Waals surface area contributed by atoms with E-state index in [1.54, 1.807) is 0 Å². The van der Waals surface area contributed by atoms with Crippen molar-refractivity contribution < 1.29 is 14.6 Å². The van der Waals surface area contributed by atoms with Crippen LogP contribution in [0.15, 0.2) is 42.6 Å². The van der Waals surface area contributed by atoms with E-state index in [4.69, 9.17) is 10.5 Å². The molecule has 0 heterocycles. The lowest BCUT2D eigenvalue weighted by atomic mass is 9.96. The minimum absolute atomic E-state index is 0.242. The molecule has 0 spiro atoms. The summed E-state index contributed by atoms with van der Waals surface area (Å²) in [6.45, 7) is 29.0. The lowest BCUT2D eigenvalue weighted by Gasteiger charge is -2.19. The average molecular weight is 471 g/mol. The fourth-order valence-corrected chi connectivity index (χ4v) is 2.12. The number of aliphatic hydroxyl groups excluding tert-OH is 1. The number of allylic oxidation sites excluding steroid dienone is 1. The van der Waals surface area contributed by atoms with Gasteiger partial charge in [0.1, 0.15) is 6.61 Å². The Labute approximate surface area is 207 Å². The summed E-state index contributed by atoms with van der Waals surface area (Å²) in [4.78, 5) is 10.4. The maximum atomic E-state index is 10.4. The molecule has 0 radical (unpaired) electrons. The van der Waals surface area contributed by atoms with Crippen LogP contribution in [0.5, 0.6) is 0 Å². The number of carbonyl (C=O) groups is 1. The molecule has 1 unspecified atom stereocenters. The van der Waals surface area contributed by atoms with Crippen molar-refractivity contribution in [1.82, 2.24) is 5.32 Å². The summed E-state index contributed by atoms with van der Waals surface area (Å²) in [5.41, 5.74) is 7.30. The zero-order valence-corrected chi connectivity index (χ0v) is 24.0. The fraction of sp³-hybridized carbons (Fsp3) is 0.679. The number of nitrogens with two attached hydrogens (primary N) is 1. The third kappa shape index (κ3) is 34.9. The molecule has 33 heavy (non-hydrogen) atoms. The molecule has 0 saturated heterocycles. The Balaban J connectivity index is -0.000000123. The van der Waals surface area contributed by atoms with Crippen LogP contribution >= 0.6 is 0 Å². The van der Waals surface area contributed by atoms with Crippen LogP contribution in [0.25, 0.3) is 0 Å². The summed E-state index contributed by atoms with van der Waals surface area (Å²) >= 11 is 0. The number of benzene rings is 1. The third-order valence-electron chi connectivity index (χ3n) is 3.54. The van der Waals surface area contributed by atoms with Crippen LogP contribution in [-0.2, 0) is 16.1 Å². The van der Waals surface area contributed by atoms with Crippen LogP contribution in [0.2, 0.25) is 0 Å². The van der Waals surface area contributed by atoms with Gasteiger partial charge in [-0.05, 0) is 23.8 Å². The largest absolute Gasteiger partial charge is 0.461 e. The minimum Gasteiger partial charge on any atom is -0.461 e. The average Bonchev–Trinajstić information content (AvgIpc) is 2.86. The van der Waals surface area contributed by atoms with Crippen molar-refractivity contribution in [2.24, 2.45) is 17.6 Å². The van der Waals surface area contributed by atoms with E-state index in [0.29, 0.717) is 31.5 Å². The van der Waals surface area contributed by atoms with Gasteiger partial charge in [-0.1, -0.05) is 113 Å². The summed E-state index contributed by atoms with van der Waals surface area (Å²) in [5, 5.41) is 12.4. The molecule has 5 nitrogen and oxygen atoms in total. The molecular weight excluding hydrogens is 412 g/mol. The SMILES string of the molecule is C=C(NCC(O)CN)[C@@H](C)CC(C)C.CC.CC.CC.CC.CC(=O)OCc1ccccc1. The first-order valence-corrected chi connectivity index (χ1v) is 12.7. The van der Waals surface area contributed by atoms with Gasteiger partial charge in [0.15, 0.2) is 0 Å². The zero-order chi connectivity index (χ0) is 27.2. The highest BCUT2D eigenvalue weighted by Gasteiger charge is 2.09. The van der Waals surface area contributed by atoms with Crippen molar-refractivity contribution in [1.29, 1.82) is 0 Å². The van der Waals surface area contributed by atoms with Gasteiger partial charge >= 0.3 is 5.97 Å². The normalized spacial score (nSPS) is 10.3. The third-order valence-corrected chi connectivity index (χ3v) is 3.54. The molecule has 198 valence electrons. The van der Waals surface area contributed by atoms with Crippen molar-refractivity contribution in [3.8, 4) is 0 Å². The van der Waals surface area contributed by atoms with Gasteiger partial charge in [-0.2, -0.15) is 0 Å². The zero-order valence-electron chi connectivity index (χ0n) is 24.0. The number of hydrogen-bond acceptors (Lipinski definition) is 5. The van der Waals surface area contributed by atoms with Gasteiger partial charge in [-0.15, -0.1) is 0 Å². The predicted octanol–water partition coefficient (Wildman–Crippen LogP) is 6.95. The lowest BCUT2D eigenvalue weighted by molar-refractivity contribution is -0.142. The van der Waals surface area contributed by atoms with E-state index in [2.05, 4.69) is 32.7 Å². The number of rotatable bonds is 9. The molecule has 0 bridgehead atoms. The quantitative estimate of drug-likeness (QED) is 0.340. The summed E-state index contributed by atoms with van der Waals surface area (Å²) in [6, 6.07) is 9.60. The first-order chi connectivity index (χ1) is 15.8. The van der Waals surface area contributed by atoms with Crippen molar-refractivity contribution in [3.05, 3.63) is 48.2 Å². The highest BCUT2D eigenvalue weighted by atomic mass is 16.5. The molecule has 1 aromatic carbocycles. The number of carbonyl (C=O) groups excluding carboxylic acids is 1. The van der Waals surface area contributed by atoms with Gasteiger partial charge in [-0.3, -0.25) is 4.79 Å². The van der Waals surface area contributed by atoms with Gasteiger partial charge in [-0.25, -0.2) is 0 Å². The topological polar surface area (TPSA) is 84.6 Å². The van der Waals surface area contributed by atoms with E-state index < -0.39 is 6.10 Å². The molecule has 0 aliphatic heterocycles. The van der Waals surface area contributed by atoms with Gasteiger partial charge in [0, 0.05) is 25.7 Å². The molecule has 0 aromatic heterocycles. The van der Waals surface area contributed by atoms with E-state index in [1.165, 1.54) is 6.92 Å². The molecular formula is C28H58N2O3. The molecule has 0 saturated carbocycles. The first kappa shape index (κ1) is 41.4. The fourth-order valence-electron chi connectivity index (χ4n) is 2.12.